The van der Waals surface area contributed by atoms with Crippen molar-refractivity contribution in [2.75, 3.05) is 18.9 Å². The Labute approximate surface area is 247 Å². The molecule has 16 heteroatoms. The van der Waals surface area contributed by atoms with Crippen molar-refractivity contribution >= 4 is 56.6 Å². The van der Waals surface area contributed by atoms with Gasteiger partial charge in [0.2, 0.25) is 5.91 Å². The molecule has 1 saturated heterocycles. The van der Waals surface area contributed by atoms with Gasteiger partial charge in [-0.1, -0.05) is 37.2 Å². The summed E-state index contributed by atoms with van der Waals surface area (Å²) in [4.78, 5) is 58.2. The second kappa shape index (κ2) is 13.0. The number of Topliss-reactive ketones (excluding diaryl/α,β-unsaturated/α-hetero) is 1. The summed E-state index contributed by atoms with van der Waals surface area (Å²) >= 11 is 1.04. The SMILES string of the molecule is C[C@H]1[C@H](CC(=O)/C(=N/OC(C)(C)OC=O)c2csc(N)n2)C(=O)N1S(=O)(=O)OCC(C)(C)COC(=O)c1ccccc1. The molecule has 0 radical (unpaired) electrons. The Kier molecular flexibility index (Phi) is 10.1. The summed E-state index contributed by atoms with van der Waals surface area (Å²) in [5.41, 5.74) is 4.91. The van der Waals surface area contributed by atoms with E-state index in [-0.39, 0.29) is 36.2 Å². The van der Waals surface area contributed by atoms with Crippen LogP contribution in [-0.4, -0.2) is 72.6 Å². The summed E-state index contributed by atoms with van der Waals surface area (Å²) in [6.07, 6.45) is -0.415. The van der Waals surface area contributed by atoms with E-state index in [1.54, 1.807) is 44.2 Å². The molecular weight excluding hydrogens is 592 g/mol. The number of nitrogens with two attached hydrogens (primary N) is 1. The molecule has 0 unspecified atom stereocenters. The van der Waals surface area contributed by atoms with E-state index in [9.17, 15) is 27.6 Å². The van der Waals surface area contributed by atoms with Gasteiger partial charge in [0.15, 0.2) is 16.6 Å². The zero-order valence-corrected chi connectivity index (χ0v) is 25.3. The summed E-state index contributed by atoms with van der Waals surface area (Å²) < 4.78 is 41.5. The summed E-state index contributed by atoms with van der Waals surface area (Å²) in [7, 11) is -4.52. The molecule has 228 valence electrons. The lowest BCUT2D eigenvalue weighted by atomic mass is 9.86. The van der Waals surface area contributed by atoms with E-state index in [4.69, 9.17) is 24.2 Å². The lowest BCUT2D eigenvalue weighted by Gasteiger charge is -2.43. The first-order valence-corrected chi connectivity index (χ1v) is 14.9. The molecule has 3 rings (SSSR count). The first-order valence-electron chi connectivity index (χ1n) is 12.6. The second-order valence-corrected chi connectivity index (χ2v) is 13.0. The lowest BCUT2D eigenvalue weighted by Crippen LogP contribution is -2.62. The molecule has 14 nitrogen and oxygen atoms in total. The number of ketones is 1. The summed E-state index contributed by atoms with van der Waals surface area (Å²) in [5, 5.41) is 5.40. The first-order chi connectivity index (χ1) is 19.6. The van der Waals surface area contributed by atoms with Crippen molar-refractivity contribution in [2.24, 2.45) is 16.5 Å². The molecule has 1 aliphatic heterocycles. The maximum atomic E-state index is 13.2. The number of nitrogens with zero attached hydrogens (tertiary/aromatic N) is 3. The Balaban J connectivity index is 1.62. The van der Waals surface area contributed by atoms with Crippen molar-refractivity contribution in [3.63, 3.8) is 0 Å². The van der Waals surface area contributed by atoms with Crippen molar-refractivity contribution in [3.8, 4) is 0 Å². The van der Waals surface area contributed by atoms with E-state index < -0.39 is 57.5 Å². The van der Waals surface area contributed by atoms with Crippen LogP contribution < -0.4 is 5.73 Å². The van der Waals surface area contributed by atoms with Crippen LogP contribution in [0, 0.1) is 11.3 Å². The molecule has 0 bridgehead atoms. The average molecular weight is 625 g/mol. The standard InChI is InChI=1S/C26H32N4O10S2/c1-16-18(11-20(32)21(19-12-41-24(27)28-19)29-40-26(4,5)38-15-31)22(33)30(16)42(35,36)39-14-25(2,3)13-37-23(34)17-9-7-6-8-10-17/h6-10,12,15-16,18H,11,13-14H2,1-5H3,(H2,27,28)/b29-21+/t16-,18-/m0/s1. The van der Waals surface area contributed by atoms with Crippen LogP contribution in [0.3, 0.4) is 0 Å². The van der Waals surface area contributed by atoms with Crippen LogP contribution in [-0.2, 0) is 43.2 Å². The molecule has 1 aliphatic rings. The summed E-state index contributed by atoms with van der Waals surface area (Å²) in [5.74, 6) is -4.60. The third kappa shape index (κ3) is 8.10. The van der Waals surface area contributed by atoms with E-state index in [0.717, 1.165) is 11.3 Å². The van der Waals surface area contributed by atoms with Crippen LogP contribution >= 0.6 is 11.3 Å². The summed E-state index contributed by atoms with van der Waals surface area (Å²) in [6, 6.07) is 7.39. The van der Waals surface area contributed by atoms with Crippen molar-refractivity contribution in [1.82, 2.24) is 9.29 Å². The van der Waals surface area contributed by atoms with E-state index >= 15 is 0 Å². The smallest absolute Gasteiger partial charge is 0.364 e. The highest BCUT2D eigenvalue weighted by molar-refractivity contribution is 7.85. The topological polar surface area (TPSA) is 194 Å². The van der Waals surface area contributed by atoms with Crippen LogP contribution in [0.1, 0.15) is 57.1 Å². The highest BCUT2D eigenvalue weighted by Crippen LogP contribution is 2.34. The van der Waals surface area contributed by atoms with Gasteiger partial charge >= 0.3 is 16.3 Å². The number of hydrogen-bond donors (Lipinski definition) is 1. The molecule has 2 atom stereocenters. The van der Waals surface area contributed by atoms with Crippen molar-refractivity contribution in [3.05, 3.63) is 47.0 Å². The number of esters is 1. The Morgan fingerprint density at radius 2 is 1.83 bits per heavy atom. The number of hydrogen-bond acceptors (Lipinski definition) is 14. The number of oxime groups is 1. The van der Waals surface area contributed by atoms with Crippen molar-refractivity contribution in [1.29, 1.82) is 0 Å². The van der Waals surface area contributed by atoms with E-state index in [1.165, 1.54) is 26.2 Å². The van der Waals surface area contributed by atoms with Crippen LogP contribution in [0.4, 0.5) is 5.13 Å². The zero-order valence-electron chi connectivity index (χ0n) is 23.6. The molecule has 0 spiro atoms. The number of amides is 1. The number of rotatable bonds is 15. The Bertz CT molecular complexity index is 1450. The van der Waals surface area contributed by atoms with Gasteiger partial charge in [0.1, 0.15) is 5.69 Å². The highest BCUT2D eigenvalue weighted by Gasteiger charge is 2.52. The molecule has 1 fully saturated rings. The van der Waals surface area contributed by atoms with E-state index in [0.29, 0.717) is 9.87 Å². The third-order valence-corrected chi connectivity index (χ3v) is 8.14. The second-order valence-electron chi connectivity index (χ2n) is 10.7. The Hall–Kier alpha value is -3.89. The Morgan fingerprint density at radius 1 is 1.17 bits per heavy atom. The molecule has 1 amide bonds. The fraction of sp³-hybridized carbons (Fsp3) is 0.462. The minimum Gasteiger partial charge on any atom is -0.461 e. The van der Waals surface area contributed by atoms with Crippen LogP contribution in [0.2, 0.25) is 0 Å². The fourth-order valence-electron chi connectivity index (χ4n) is 3.70. The monoisotopic (exact) mass is 624 g/mol. The number of anilines is 1. The Morgan fingerprint density at radius 3 is 2.40 bits per heavy atom. The minimum absolute atomic E-state index is 0.0758. The molecule has 1 aromatic carbocycles. The largest absolute Gasteiger partial charge is 0.461 e. The quantitative estimate of drug-likeness (QED) is 0.0760. The molecule has 2 aromatic rings. The zero-order chi connectivity index (χ0) is 31.3. The maximum Gasteiger partial charge on any atom is 0.364 e. The van der Waals surface area contributed by atoms with Crippen LogP contribution in [0.25, 0.3) is 0 Å². The molecule has 0 saturated carbocycles. The average Bonchev–Trinajstić information content (AvgIpc) is 3.35. The van der Waals surface area contributed by atoms with Gasteiger partial charge in [-0.05, 0) is 19.1 Å². The fourth-order valence-corrected chi connectivity index (χ4v) is 5.74. The molecular formula is C26H32N4O10S2. The van der Waals surface area contributed by atoms with Crippen molar-refractivity contribution in [2.45, 2.75) is 52.9 Å². The van der Waals surface area contributed by atoms with Gasteiger partial charge in [-0.25, -0.2) is 14.1 Å². The van der Waals surface area contributed by atoms with E-state index in [2.05, 4.69) is 10.1 Å². The lowest BCUT2D eigenvalue weighted by molar-refractivity contribution is -0.203. The number of benzene rings is 1. The van der Waals surface area contributed by atoms with Gasteiger partial charge < -0.3 is 20.0 Å². The number of carbonyl (C=O) groups is 4. The number of aromatic nitrogens is 1. The minimum atomic E-state index is -4.52. The number of carbonyl (C=O) groups excluding carboxylic acids is 4. The van der Waals surface area contributed by atoms with Crippen LogP contribution in [0.5, 0.6) is 0 Å². The van der Waals surface area contributed by atoms with Gasteiger partial charge in [-0.3, -0.25) is 18.6 Å². The number of ether oxygens (including phenoxy) is 2. The highest BCUT2D eigenvalue weighted by atomic mass is 32.2. The normalized spacial score (nSPS) is 17.8. The third-order valence-electron chi connectivity index (χ3n) is 6.05. The van der Waals surface area contributed by atoms with Crippen LogP contribution in [0.15, 0.2) is 40.9 Å². The number of β-lactam (4-membered cyclic amide) rings is 1. The molecule has 2 heterocycles. The number of thiazole rings is 1. The molecule has 2 N–H and O–H groups in total. The molecule has 0 aliphatic carbocycles. The van der Waals surface area contributed by atoms with Gasteiger partial charge in [-0.2, -0.15) is 8.42 Å². The van der Waals surface area contributed by atoms with Gasteiger partial charge in [0.05, 0.1) is 30.7 Å². The van der Waals surface area contributed by atoms with E-state index in [1.807, 2.05) is 0 Å². The maximum absolute atomic E-state index is 13.2. The first kappa shape index (κ1) is 32.6. The predicted octanol–water partition coefficient (Wildman–Crippen LogP) is 2.31. The number of nitrogen functional groups attached to an aromatic ring is 1. The molecule has 1 aromatic heterocycles. The predicted molar refractivity (Wildman–Crippen MR) is 150 cm³/mol. The van der Waals surface area contributed by atoms with Gasteiger partial charge in [0, 0.05) is 31.1 Å². The summed E-state index contributed by atoms with van der Waals surface area (Å²) in [6.45, 7) is 7.14. The van der Waals surface area contributed by atoms with Crippen molar-refractivity contribution < 1.29 is 46.1 Å². The molecule has 42 heavy (non-hydrogen) atoms. The van der Waals surface area contributed by atoms with Gasteiger partial charge in [-0.15, -0.1) is 11.3 Å². The van der Waals surface area contributed by atoms with Gasteiger partial charge in [0.25, 0.3) is 12.3 Å².